The summed E-state index contributed by atoms with van der Waals surface area (Å²) in [6.07, 6.45) is 0. The van der Waals surface area contributed by atoms with Crippen LogP contribution in [0.3, 0.4) is 0 Å². The Balaban J connectivity index is 2.13. The Hall–Kier alpha value is -0.610. The number of piperazine rings is 2. The second-order valence-corrected chi connectivity index (χ2v) is 4.53. The van der Waals surface area contributed by atoms with Crippen LogP contribution in [-0.2, 0) is 4.79 Å². The zero-order chi connectivity index (χ0) is 10.1. The van der Waals surface area contributed by atoms with Crippen molar-refractivity contribution in [1.29, 1.82) is 0 Å². The topological polar surface area (TPSA) is 44.4 Å². The molecule has 4 heteroatoms. The second kappa shape index (κ2) is 3.87. The average Bonchev–Trinajstić information content (AvgIpc) is 2.17. The van der Waals surface area contributed by atoms with Crippen LogP contribution in [0.4, 0.5) is 0 Å². The Morgan fingerprint density at radius 3 is 2.93 bits per heavy atom. The molecule has 0 aromatic heterocycles. The maximum absolute atomic E-state index is 11.7. The van der Waals surface area contributed by atoms with Crippen molar-refractivity contribution < 1.29 is 4.79 Å². The van der Waals surface area contributed by atoms with Gasteiger partial charge in [0.25, 0.3) is 0 Å². The summed E-state index contributed by atoms with van der Waals surface area (Å²) in [5, 5.41) is 6.36. The summed E-state index contributed by atoms with van der Waals surface area (Å²) in [6.45, 7) is 8.05. The van der Waals surface area contributed by atoms with Crippen LogP contribution in [0.1, 0.15) is 13.8 Å². The molecule has 0 aliphatic carbocycles. The summed E-state index contributed by atoms with van der Waals surface area (Å²) >= 11 is 0. The lowest BCUT2D eigenvalue weighted by Gasteiger charge is -2.45. The van der Waals surface area contributed by atoms with Gasteiger partial charge in [-0.3, -0.25) is 9.69 Å². The van der Waals surface area contributed by atoms with Crippen LogP contribution in [0.15, 0.2) is 0 Å². The van der Waals surface area contributed by atoms with Gasteiger partial charge >= 0.3 is 0 Å². The van der Waals surface area contributed by atoms with E-state index in [1.165, 1.54) is 0 Å². The first-order valence-corrected chi connectivity index (χ1v) is 5.44. The monoisotopic (exact) mass is 197 g/mol. The van der Waals surface area contributed by atoms with Gasteiger partial charge in [0.05, 0.1) is 6.04 Å². The number of fused-ring (bicyclic) bond motifs is 1. The van der Waals surface area contributed by atoms with Crippen LogP contribution in [0, 0.1) is 5.92 Å². The van der Waals surface area contributed by atoms with Gasteiger partial charge in [-0.1, -0.05) is 13.8 Å². The van der Waals surface area contributed by atoms with Gasteiger partial charge in [0.15, 0.2) is 0 Å². The average molecular weight is 197 g/mol. The predicted molar refractivity (Wildman–Crippen MR) is 55.0 cm³/mol. The first-order chi connectivity index (χ1) is 6.70. The standard InChI is InChI=1S/C10H19N3O/c1-7(2)9-10(14)12-6-8-5-11-3-4-13(8)9/h7-9,11H,3-6H2,1-2H3,(H,12,14). The third-order valence-electron chi connectivity index (χ3n) is 3.17. The molecule has 2 N–H and O–H groups in total. The third-order valence-corrected chi connectivity index (χ3v) is 3.17. The number of hydrogen-bond donors (Lipinski definition) is 2. The summed E-state index contributed by atoms with van der Waals surface area (Å²) < 4.78 is 0. The molecule has 0 saturated carbocycles. The minimum absolute atomic E-state index is 0.0795. The fourth-order valence-electron chi connectivity index (χ4n) is 2.49. The molecule has 80 valence electrons. The fourth-order valence-corrected chi connectivity index (χ4v) is 2.49. The number of hydrogen-bond acceptors (Lipinski definition) is 3. The SMILES string of the molecule is CC(C)C1C(=O)NCC2CNCCN21. The van der Waals surface area contributed by atoms with Gasteiger partial charge in [0.2, 0.25) is 5.91 Å². The van der Waals surface area contributed by atoms with E-state index in [2.05, 4.69) is 29.4 Å². The smallest absolute Gasteiger partial charge is 0.237 e. The predicted octanol–water partition coefficient (Wildman–Crippen LogP) is -0.585. The van der Waals surface area contributed by atoms with Gasteiger partial charge in [-0.2, -0.15) is 0 Å². The van der Waals surface area contributed by atoms with E-state index in [0.29, 0.717) is 12.0 Å². The van der Waals surface area contributed by atoms with Gasteiger partial charge in [0, 0.05) is 32.2 Å². The van der Waals surface area contributed by atoms with E-state index in [-0.39, 0.29) is 11.9 Å². The number of nitrogens with one attached hydrogen (secondary N) is 2. The van der Waals surface area contributed by atoms with Gasteiger partial charge in [-0.15, -0.1) is 0 Å². The molecule has 2 heterocycles. The largest absolute Gasteiger partial charge is 0.353 e. The summed E-state index contributed by atoms with van der Waals surface area (Å²) in [5.74, 6) is 0.606. The zero-order valence-corrected chi connectivity index (χ0v) is 8.92. The van der Waals surface area contributed by atoms with E-state index in [4.69, 9.17) is 0 Å². The van der Waals surface area contributed by atoms with Crippen molar-refractivity contribution in [2.24, 2.45) is 5.92 Å². The van der Waals surface area contributed by atoms with Gasteiger partial charge in [-0.25, -0.2) is 0 Å². The Morgan fingerprint density at radius 1 is 1.43 bits per heavy atom. The van der Waals surface area contributed by atoms with Gasteiger partial charge < -0.3 is 10.6 Å². The molecule has 4 nitrogen and oxygen atoms in total. The number of carbonyl (C=O) groups excluding carboxylic acids is 1. The Labute approximate surface area is 85.0 Å². The number of carbonyl (C=O) groups is 1. The van der Waals surface area contributed by atoms with Crippen molar-refractivity contribution >= 4 is 5.91 Å². The summed E-state index contributed by atoms with van der Waals surface area (Å²) in [7, 11) is 0. The first kappa shape index (κ1) is 9.93. The molecule has 0 aromatic carbocycles. The minimum atomic E-state index is 0.0795. The maximum atomic E-state index is 11.7. The van der Waals surface area contributed by atoms with Crippen LogP contribution >= 0.6 is 0 Å². The molecule has 0 spiro atoms. The highest BCUT2D eigenvalue weighted by Crippen LogP contribution is 2.18. The van der Waals surface area contributed by atoms with E-state index >= 15 is 0 Å². The summed E-state index contributed by atoms with van der Waals surface area (Å²) in [6, 6.07) is 0.574. The fraction of sp³-hybridized carbons (Fsp3) is 0.900. The first-order valence-electron chi connectivity index (χ1n) is 5.44. The number of nitrogens with zero attached hydrogens (tertiary/aromatic N) is 1. The Morgan fingerprint density at radius 2 is 2.21 bits per heavy atom. The normalized spacial score (nSPS) is 34.1. The summed E-state index contributed by atoms with van der Waals surface area (Å²) in [4.78, 5) is 14.1. The highest BCUT2D eigenvalue weighted by molar-refractivity contribution is 5.83. The summed E-state index contributed by atoms with van der Waals surface area (Å²) in [5.41, 5.74) is 0. The van der Waals surface area contributed by atoms with Crippen LogP contribution in [-0.4, -0.2) is 49.1 Å². The Kier molecular flexibility index (Phi) is 2.74. The highest BCUT2D eigenvalue weighted by Gasteiger charge is 2.38. The van der Waals surface area contributed by atoms with E-state index < -0.39 is 0 Å². The molecule has 0 bridgehead atoms. The number of rotatable bonds is 1. The number of amides is 1. The molecule has 2 saturated heterocycles. The van der Waals surface area contributed by atoms with Crippen molar-refractivity contribution in [3.8, 4) is 0 Å². The van der Waals surface area contributed by atoms with Crippen molar-refractivity contribution in [1.82, 2.24) is 15.5 Å². The molecule has 0 radical (unpaired) electrons. The van der Waals surface area contributed by atoms with E-state index in [1.807, 2.05) is 0 Å². The highest BCUT2D eigenvalue weighted by atomic mass is 16.2. The molecule has 2 rings (SSSR count). The maximum Gasteiger partial charge on any atom is 0.237 e. The van der Waals surface area contributed by atoms with Crippen LogP contribution in [0.2, 0.25) is 0 Å². The molecule has 2 aliphatic rings. The van der Waals surface area contributed by atoms with Crippen molar-refractivity contribution in [2.75, 3.05) is 26.2 Å². The molecule has 0 aromatic rings. The lowest BCUT2D eigenvalue weighted by Crippen LogP contribution is -2.67. The van der Waals surface area contributed by atoms with Crippen molar-refractivity contribution in [3.63, 3.8) is 0 Å². The molecule has 2 unspecified atom stereocenters. The van der Waals surface area contributed by atoms with Crippen LogP contribution < -0.4 is 10.6 Å². The quantitative estimate of drug-likeness (QED) is 0.591. The van der Waals surface area contributed by atoms with Crippen molar-refractivity contribution in [2.45, 2.75) is 25.9 Å². The van der Waals surface area contributed by atoms with Crippen LogP contribution in [0.5, 0.6) is 0 Å². The van der Waals surface area contributed by atoms with E-state index in [1.54, 1.807) is 0 Å². The molecule has 2 fully saturated rings. The minimum Gasteiger partial charge on any atom is -0.353 e. The molecule has 2 atom stereocenters. The molecule has 14 heavy (non-hydrogen) atoms. The van der Waals surface area contributed by atoms with Gasteiger partial charge in [0.1, 0.15) is 0 Å². The Bertz CT molecular complexity index is 229. The van der Waals surface area contributed by atoms with Crippen LogP contribution in [0.25, 0.3) is 0 Å². The molecular formula is C10H19N3O. The van der Waals surface area contributed by atoms with E-state index in [9.17, 15) is 4.79 Å². The van der Waals surface area contributed by atoms with Gasteiger partial charge in [-0.05, 0) is 5.92 Å². The molecule has 2 aliphatic heterocycles. The lowest BCUT2D eigenvalue weighted by atomic mass is 9.95. The van der Waals surface area contributed by atoms with E-state index in [0.717, 1.165) is 26.2 Å². The molecular weight excluding hydrogens is 178 g/mol. The lowest BCUT2D eigenvalue weighted by molar-refractivity contribution is -0.133. The molecule has 1 amide bonds. The van der Waals surface area contributed by atoms with Crippen molar-refractivity contribution in [3.05, 3.63) is 0 Å². The zero-order valence-electron chi connectivity index (χ0n) is 8.92. The second-order valence-electron chi connectivity index (χ2n) is 4.53. The third kappa shape index (κ3) is 1.64.